The van der Waals surface area contributed by atoms with Crippen LogP contribution in [0.5, 0.6) is 0 Å². The molecule has 3 aliphatic rings. The zero-order valence-electron chi connectivity index (χ0n) is 14.4. The van der Waals surface area contributed by atoms with Gasteiger partial charge in [0.2, 0.25) is 0 Å². The van der Waals surface area contributed by atoms with Crippen molar-refractivity contribution in [3.05, 3.63) is 34.9 Å². The van der Waals surface area contributed by atoms with Crippen LogP contribution in [0.25, 0.3) is 0 Å². The maximum absolute atomic E-state index is 2.86. The van der Waals surface area contributed by atoms with Gasteiger partial charge in [0.1, 0.15) is 0 Å². The number of unbranched alkanes of at least 4 members (excludes halogenated alkanes) is 1. The second-order valence-electron chi connectivity index (χ2n) is 8.08. The monoisotopic (exact) mass is 297 g/mol. The molecule has 2 fully saturated rings. The summed E-state index contributed by atoms with van der Waals surface area (Å²) in [5.41, 5.74) is 5.42. The summed E-state index contributed by atoms with van der Waals surface area (Å²) in [6.45, 7) is 7.27. The van der Waals surface area contributed by atoms with Crippen molar-refractivity contribution in [1.29, 1.82) is 0 Å². The highest BCUT2D eigenvalue weighted by atomic mass is 15.2. The van der Waals surface area contributed by atoms with Gasteiger partial charge in [0.05, 0.1) is 0 Å². The number of aryl methyl sites for hydroxylation is 1. The van der Waals surface area contributed by atoms with Gasteiger partial charge in [-0.3, -0.25) is 4.90 Å². The van der Waals surface area contributed by atoms with Crippen LogP contribution in [0.3, 0.4) is 0 Å². The number of fused-ring (bicyclic) bond motifs is 1. The minimum absolute atomic E-state index is 0.533. The highest BCUT2D eigenvalue weighted by Crippen LogP contribution is 2.55. The SMILES string of the molecule is CCCCN1CC[C@@]23CCCC[C@@H]2[C@@H]1Cc1ccc(C)cc13. The lowest BCUT2D eigenvalue weighted by atomic mass is 9.52. The molecule has 1 aromatic carbocycles. The summed E-state index contributed by atoms with van der Waals surface area (Å²) >= 11 is 0. The zero-order chi connectivity index (χ0) is 15.2. The van der Waals surface area contributed by atoms with Crippen molar-refractivity contribution in [2.45, 2.75) is 76.7 Å². The summed E-state index contributed by atoms with van der Waals surface area (Å²) in [5, 5.41) is 0. The summed E-state index contributed by atoms with van der Waals surface area (Å²) in [7, 11) is 0. The maximum Gasteiger partial charge on any atom is 0.0172 e. The first-order chi connectivity index (χ1) is 10.7. The Bertz CT molecular complexity index is 549. The van der Waals surface area contributed by atoms with Crippen LogP contribution in [0.4, 0.5) is 0 Å². The molecule has 120 valence electrons. The molecule has 0 aromatic heterocycles. The molecule has 1 heteroatoms. The van der Waals surface area contributed by atoms with Crippen molar-refractivity contribution in [3.63, 3.8) is 0 Å². The van der Waals surface area contributed by atoms with E-state index in [1.54, 1.807) is 11.1 Å². The van der Waals surface area contributed by atoms with Gasteiger partial charge in [0.15, 0.2) is 0 Å². The van der Waals surface area contributed by atoms with Gasteiger partial charge in [-0.2, -0.15) is 0 Å². The van der Waals surface area contributed by atoms with E-state index >= 15 is 0 Å². The number of hydrogen-bond donors (Lipinski definition) is 0. The minimum Gasteiger partial charge on any atom is -0.300 e. The molecule has 22 heavy (non-hydrogen) atoms. The fourth-order valence-corrected chi connectivity index (χ4v) is 5.84. The van der Waals surface area contributed by atoms with E-state index in [0.29, 0.717) is 5.41 Å². The molecule has 2 aliphatic carbocycles. The van der Waals surface area contributed by atoms with Crippen molar-refractivity contribution < 1.29 is 0 Å². The first-order valence-corrected chi connectivity index (χ1v) is 9.58. The second kappa shape index (κ2) is 5.67. The fraction of sp³-hybridized carbons (Fsp3) is 0.714. The third-order valence-electron chi connectivity index (χ3n) is 6.91. The van der Waals surface area contributed by atoms with E-state index in [1.807, 2.05) is 0 Å². The van der Waals surface area contributed by atoms with Crippen molar-refractivity contribution in [1.82, 2.24) is 4.90 Å². The van der Waals surface area contributed by atoms with Crippen LogP contribution >= 0.6 is 0 Å². The molecular formula is C21H31N. The van der Waals surface area contributed by atoms with E-state index in [9.17, 15) is 0 Å². The van der Waals surface area contributed by atoms with Crippen LogP contribution < -0.4 is 0 Å². The quantitative estimate of drug-likeness (QED) is 0.770. The van der Waals surface area contributed by atoms with Crippen molar-refractivity contribution in [3.8, 4) is 0 Å². The molecule has 2 bridgehead atoms. The van der Waals surface area contributed by atoms with Gasteiger partial charge < -0.3 is 0 Å². The molecule has 0 amide bonds. The highest BCUT2D eigenvalue weighted by molar-refractivity contribution is 5.43. The number of hydrogen-bond acceptors (Lipinski definition) is 1. The molecule has 0 radical (unpaired) electrons. The molecule has 4 rings (SSSR count). The van der Waals surface area contributed by atoms with Crippen LogP contribution in [0.2, 0.25) is 0 Å². The zero-order valence-corrected chi connectivity index (χ0v) is 14.4. The molecule has 1 saturated heterocycles. The third kappa shape index (κ3) is 2.16. The predicted octanol–water partition coefficient (Wildman–Crippen LogP) is 4.85. The molecule has 1 heterocycles. The van der Waals surface area contributed by atoms with Gasteiger partial charge >= 0.3 is 0 Å². The standard InChI is InChI=1S/C21H31N/c1-3-4-12-22-13-11-21-10-6-5-7-18(21)20(22)15-17-9-8-16(2)14-19(17)21/h8-9,14,18,20H,3-7,10-13,15H2,1-2H3/t18-,20+,21+/m1/s1. The Morgan fingerprint density at radius 1 is 1.23 bits per heavy atom. The Hall–Kier alpha value is -0.820. The largest absolute Gasteiger partial charge is 0.300 e. The molecule has 3 atom stereocenters. The molecule has 0 spiro atoms. The van der Waals surface area contributed by atoms with E-state index < -0.39 is 0 Å². The lowest BCUT2D eigenvalue weighted by Gasteiger charge is -2.59. The molecule has 0 N–H and O–H groups in total. The van der Waals surface area contributed by atoms with Gasteiger partial charge in [0.25, 0.3) is 0 Å². The summed E-state index contributed by atoms with van der Waals surface area (Å²) < 4.78 is 0. The molecule has 1 nitrogen and oxygen atoms in total. The van der Waals surface area contributed by atoms with Gasteiger partial charge in [-0.25, -0.2) is 0 Å². The van der Waals surface area contributed by atoms with E-state index in [-0.39, 0.29) is 0 Å². The normalized spacial score (nSPS) is 34.1. The van der Waals surface area contributed by atoms with Gasteiger partial charge in [-0.05, 0) is 69.2 Å². The van der Waals surface area contributed by atoms with E-state index in [2.05, 4.69) is 36.9 Å². The van der Waals surface area contributed by atoms with Crippen molar-refractivity contribution in [2.24, 2.45) is 5.92 Å². The molecule has 0 unspecified atom stereocenters. The van der Waals surface area contributed by atoms with Crippen LogP contribution in [-0.4, -0.2) is 24.0 Å². The third-order valence-corrected chi connectivity index (χ3v) is 6.91. The van der Waals surface area contributed by atoms with Crippen molar-refractivity contribution >= 4 is 0 Å². The van der Waals surface area contributed by atoms with Crippen LogP contribution in [0.15, 0.2) is 18.2 Å². The van der Waals surface area contributed by atoms with Crippen molar-refractivity contribution in [2.75, 3.05) is 13.1 Å². The summed E-state index contributed by atoms with van der Waals surface area (Å²) in [5.74, 6) is 0.932. The number of likely N-dealkylation sites (tertiary alicyclic amines) is 1. The highest BCUT2D eigenvalue weighted by Gasteiger charge is 2.53. The Labute approximate surface area is 136 Å². The van der Waals surface area contributed by atoms with E-state index in [0.717, 1.165) is 12.0 Å². The number of rotatable bonds is 3. The van der Waals surface area contributed by atoms with Crippen LogP contribution in [0.1, 0.15) is 68.6 Å². The second-order valence-corrected chi connectivity index (χ2v) is 8.08. The molecule has 1 aromatic rings. The summed E-state index contributed by atoms with van der Waals surface area (Å²) in [4.78, 5) is 2.86. The van der Waals surface area contributed by atoms with Crippen LogP contribution in [0, 0.1) is 12.8 Å². The lowest BCUT2D eigenvalue weighted by molar-refractivity contribution is -0.0117. The van der Waals surface area contributed by atoms with E-state index in [1.165, 1.54) is 70.0 Å². The predicted molar refractivity (Wildman–Crippen MR) is 93.4 cm³/mol. The average molecular weight is 297 g/mol. The molecule has 1 saturated carbocycles. The Kier molecular flexibility index (Phi) is 3.80. The minimum atomic E-state index is 0.533. The Balaban J connectivity index is 1.75. The smallest absolute Gasteiger partial charge is 0.0172 e. The fourth-order valence-electron chi connectivity index (χ4n) is 5.84. The van der Waals surface area contributed by atoms with Gasteiger partial charge in [0, 0.05) is 11.5 Å². The van der Waals surface area contributed by atoms with E-state index in [4.69, 9.17) is 0 Å². The Morgan fingerprint density at radius 3 is 3.00 bits per heavy atom. The number of nitrogens with zero attached hydrogens (tertiary/aromatic N) is 1. The van der Waals surface area contributed by atoms with Gasteiger partial charge in [-0.15, -0.1) is 0 Å². The first-order valence-electron chi connectivity index (χ1n) is 9.58. The topological polar surface area (TPSA) is 3.24 Å². The number of piperidine rings is 1. The Morgan fingerprint density at radius 2 is 2.14 bits per heavy atom. The first kappa shape index (κ1) is 14.8. The lowest BCUT2D eigenvalue weighted by Crippen LogP contribution is -2.61. The summed E-state index contributed by atoms with van der Waals surface area (Å²) in [6.07, 6.45) is 11.3. The van der Waals surface area contributed by atoms with Gasteiger partial charge in [-0.1, -0.05) is 49.9 Å². The summed E-state index contributed by atoms with van der Waals surface area (Å²) in [6, 6.07) is 8.17. The molecule has 1 aliphatic heterocycles. The average Bonchev–Trinajstić information content (AvgIpc) is 2.55. The molecular weight excluding hydrogens is 266 g/mol. The van der Waals surface area contributed by atoms with Crippen LogP contribution in [-0.2, 0) is 11.8 Å². The number of benzene rings is 1. The maximum atomic E-state index is 2.86.